The molecule has 0 saturated carbocycles. The van der Waals surface area contributed by atoms with Crippen molar-refractivity contribution in [2.75, 3.05) is 13.4 Å². The zero-order valence-electron chi connectivity index (χ0n) is 15.2. The van der Waals surface area contributed by atoms with E-state index >= 15 is 0 Å². The summed E-state index contributed by atoms with van der Waals surface area (Å²) in [6.45, 7) is 5.11. The third kappa shape index (κ3) is 5.53. The summed E-state index contributed by atoms with van der Waals surface area (Å²) in [5.41, 5.74) is 5.33. The maximum absolute atomic E-state index is 12.0. The Morgan fingerprint density at radius 2 is 2.08 bits per heavy atom. The van der Waals surface area contributed by atoms with E-state index in [1.165, 1.54) is 18.4 Å². The van der Waals surface area contributed by atoms with Crippen molar-refractivity contribution in [3.8, 4) is 0 Å². The minimum Gasteiger partial charge on any atom is -0.486 e. The first kappa shape index (κ1) is 23.1. The number of amidine groups is 1. The number of ether oxygens (including phenoxy) is 1. The molecule has 2 aromatic rings. The van der Waals surface area contributed by atoms with E-state index in [2.05, 4.69) is 5.38 Å². The minimum absolute atomic E-state index is 0.0455. The van der Waals surface area contributed by atoms with Crippen molar-refractivity contribution >= 4 is 64.6 Å². The molecule has 0 bridgehead atoms. The lowest BCUT2D eigenvalue weighted by molar-refractivity contribution is 0.417. The van der Waals surface area contributed by atoms with E-state index in [1.54, 1.807) is 37.6 Å². The summed E-state index contributed by atoms with van der Waals surface area (Å²) in [6.07, 6.45) is 2.02. The molecule has 5 nitrogen and oxygen atoms in total. The summed E-state index contributed by atoms with van der Waals surface area (Å²) in [6, 6.07) is 5.46. The number of sulfone groups is 1. The topological polar surface area (TPSA) is 93.2 Å². The number of thiocarbonyl (C=S) groups is 1. The highest BCUT2D eigenvalue weighted by molar-refractivity contribution is 8.45. The molecule has 0 amide bonds. The Balaban J connectivity index is 0.000000289. The lowest BCUT2D eigenvalue weighted by atomic mass is 10.4. The van der Waals surface area contributed by atoms with Crippen molar-refractivity contribution in [2.45, 2.75) is 30.9 Å². The molecule has 10 heteroatoms. The van der Waals surface area contributed by atoms with Gasteiger partial charge in [-0.15, -0.1) is 11.3 Å². The number of nitrogens with two attached hydrogens (primary N) is 1. The predicted molar refractivity (Wildman–Crippen MR) is 119 cm³/mol. The van der Waals surface area contributed by atoms with Crippen molar-refractivity contribution in [3.05, 3.63) is 38.2 Å². The maximum Gasteiger partial charge on any atom is 0.227 e. The van der Waals surface area contributed by atoms with E-state index in [9.17, 15) is 8.42 Å². The molecule has 2 heterocycles. The van der Waals surface area contributed by atoms with Gasteiger partial charge in [0.25, 0.3) is 0 Å². The van der Waals surface area contributed by atoms with Gasteiger partial charge in [0, 0.05) is 17.2 Å². The second-order valence-electron chi connectivity index (χ2n) is 5.35. The van der Waals surface area contributed by atoms with Crippen molar-refractivity contribution < 1.29 is 13.2 Å². The number of aryl methyl sites for hydroxylation is 1. The summed E-state index contributed by atoms with van der Waals surface area (Å²) in [5, 5.41) is 9.16. The monoisotopic (exact) mass is 451 g/mol. The number of hydrogen-bond acceptors (Lipinski definition) is 7. The van der Waals surface area contributed by atoms with Crippen LogP contribution < -0.4 is 5.73 Å². The van der Waals surface area contributed by atoms with Gasteiger partial charge in [-0.2, -0.15) is 0 Å². The first-order valence-electron chi connectivity index (χ1n) is 7.49. The maximum atomic E-state index is 12.0. The lowest BCUT2D eigenvalue weighted by Gasteiger charge is -2.06. The van der Waals surface area contributed by atoms with Gasteiger partial charge in [0.15, 0.2) is 21.1 Å². The number of rotatable bonds is 5. The zero-order chi connectivity index (χ0) is 20.1. The average Bonchev–Trinajstić information content (AvgIpc) is 3.21. The molecular formula is C16H23N2O3S5+. The molecule has 26 heavy (non-hydrogen) atoms. The van der Waals surface area contributed by atoms with Crippen LogP contribution in [0.3, 0.4) is 0 Å². The largest absolute Gasteiger partial charge is 0.486 e. The number of thiophene rings is 2. The summed E-state index contributed by atoms with van der Waals surface area (Å²) in [7, 11) is 0.0131. The number of nitrogen functional groups attached to an aromatic ring is 1. The van der Waals surface area contributed by atoms with Crippen LogP contribution >= 0.6 is 43.9 Å². The molecule has 0 aromatic carbocycles. The van der Waals surface area contributed by atoms with Crippen LogP contribution in [0.5, 0.6) is 0 Å². The van der Waals surface area contributed by atoms with Crippen molar-refractivity contribution in [2.24, 2.45) is 5.73 Å². The van der Waals surface area contributed by atoms with Gasteiger partial charge < -0.3 is 10.5 Å². The second-order valence-corrected chi connectivity index (χ2v) is 13.2. The molecule has 0 fully saturated rings. The number of methoxy groups -OCH3 is 1. The van der Waals surface area contributed by atoms with Crippen LogP contribution in [-0.4, -0.2) is 37.9 Å². The van der Waals surface area contributed by atoms with Gasteiger partial charge in [-0.05, 0) is 45.1 Å². The first-order chi connectivity index (χ1) is 12.1. The van der Waals surface area contributed by atoms with Crippen LogP contribution in [0.2, 0.25) is 0 Å². The third-order valence-electron chi connectivity index (χ3n) is 3.30. The normalized spacial score (nSPS) is 11.7. The van der Waals surface area contributed by atoms with Crippen molar-refractivity contribution in [1.82, 2.24) is 0 Å². The minimum atomic E-state index is -3.23. The van der Waals surface area contributed by atoms with Crippen molar-refractivity contribution in [1.29, 1.82) is 5.41 Å². The third-order valence-corrected chi connectivity index (χ3v) is 10.8. The van der Waals surface area contributed by atoms with Gasteiger partial charge >= 0.3 is 0 Å². The Kier molecular flexibility index (Phi) is 8.74. The van der Waals surface area contributed by atoms with Gasteiger partial charge in [-0.25, -0.2) is 8.42 Å². The lowest BCUT2D eigenvalue weighted by Crippen LogP contribution is -2.14. The molecule has 0 aliphatic carbocycles. The van der Waals surface area contributed by atoms with Crippen LogP contribution in [0.1, 0.15) is 28.5 Å². The smallest absolute Gasteiger partial charge is 0.227 e. The van der Waals surface area contributed by atoms with E-state index in [0.717, 1.165) is 9.75 Å². The Morgan fingerprint density at radius 3 is 2.50 bits per heavy atom. The molecule has 2 rings (SSSR count). The molecule has 2 aromatic heterocycles. The Hall–Kier alpha value is -0.940. The van der Waals surface area contributed by atoms with Gasteiger partial charge in [0.05, 0.1) is 31.6 Å². The molecule has 0 saturated heterocycles. The molecule has 1 atom stereocenters. The van der Waals surface area contributed by atoms with Crippen LogP contribution in [0, 0.1) is 12.3 Å². The number of nitrogens with one attached hydrogen (secondary N) is 1. The van der Waals surface area contributed by atoms with Crippen LogP contribution in [0.15, 0.2) is 28.5 Å². The fourth-order valence-corrected chi connectivity index (χ4v) is 7.23. The Bertz CT molecular complexity index is 882. The second kappa shape index (κ2) is 9.84. The Labute approximate surface area is 170 Å². The molecule has 0 aliphatic rings. The van der Waals surface area contributed by atoms with Gasteiger partial charge in [0.1, 0.15) is 10.8 Å². The van der Waals surface area contributed by atoms with E-state index in [-0.39, 0.29) is 15.3 Å². The molecular weight excluding hydrogens is 429 g/mol. The molecule has 144 valence electrons. The molecule has 0 radical (unpaired) electrons. The summed E-state index contributed by atoms with van der Waals surface area (Å²) >= 11 is 6.32. The molecule has 0 spiro atoms. The van der Waals surface area contributed by atoms with E-state index < -0.39 is 15.1 Å². The first-order valence-corrected chi connectivity index (χ1v) is 13.3. The molecule has 0 aliphatic heterocycles. The van der Waals surface area contributed by atoms with Gasteiger partial charge in [-0.1, -0.05) is 0 Å². The summed E-state index contributed by atoms with van der Waals surface area (Å²) in [5.74, 6) is 0.197. The highest BCUT2D eigenvalue weighted by Gasteiger charge is 2.24. The molecule has 3 N–H and O–H groups in total. The van der Waals surface area contributed by atoms with Crippen molar-refractivity contribution in [3.63, 3.8) is 0 Å². The van der Waals surface area contributed by atoms with Gasteiger partial charge in [-0.3, -0.25) is 5.41 Å². The zero-order valence-corrected chi connectivity index (χ0v) is 19.3. The molecule has 1 unspecified atom stereocenters. The summed E-state index contributed by atoms with van der Waals surface area (Å²) < 4.78 is 28.9. The summed E-state index contributed by atoms with van der Waals surface area (Å²) in [4.78, 5) is 2.76. The predicted octanol–water partition coefficient (Wildman–Crippen LogP) is 4.41. The SMILES string of the molecule is COC(=S)c1cc(S(=O)(=O)C(C)C)c(C)s1.CS[s+]1cccc1C(=N)N. The number of hydrogen-bond donors (Lipinski definition) is 2. The Morgan fingerprint density at radius 1 is 1.46 bits per heavy atom. The fraction of sp³-hybridized carbons (Fsp3) is 0.375. The average molecular weight is 452 g/mol. The van der Waals surface area contributed by atoms with Gasteiger partial charge in [0.2, 0.25) is 9.93 Å². The standard InChI is InChI=1S/C10H14O3S3.C6H9N2S2/c1-6(2)16(11,12)9-5-8(10(14)13-4)15-7(9)3;1-9-10-4-2-3-5(10)6(7)8/h5-6H,1-4H3;2-4H,1H3,(H3,7,8)/q;+1. The highest BCUT2D eigenvalue weighted by atomic mass is 33.1. The fourth-order valence-electron chi connectivity index (χ4n) is 1.88. The highest BCUT2D eigenvalue weighted by Crippen LogP contribution is 2.34. The van der Waals surface area contributed by atoms with Crippen LogP contribution in [0.4, 0.5) is 0 Å². The van der Waals surface area contributed by atoms with Crippen LogP contribution in [0.25, 0.3) is 0 Å². The quantitative estimate of drug-likeness (QED) is 0.230. The van der Waals surface area contributed by atoms with E-state index in [4.69, 9.17) is 28.1 Å². The van der Waals surface area contributed by atoms with E-state index in [1.807, 2.05) is 18.4 Å². The van der Waals surface area contributed by atoms with E-state index in [0.29, 0.717) is 14.8 Å². The van der Waals surface area contributed by atoms with Crippen LogP contribution in [-0.2, 0) is 14.6 Å².